The van der Waals surface area contributed by atoms with E-state index >= 15 is 0 Å². The lowest BCUT2D eigenvalue weighted by Crippen LogP contribution is -2.47. The van der Waals surface area contributed by atoms with Gasteiger partial charge in [0.1, 0.15) is 0 Å². The van der Waals surface area contributed by atoms with Crippen LogP contribution < -0.4 is 15.5 Å². The van der Waals surface area contributed by atoms with Gasteiger partial charge in [0.25, 0.3) is 5.91 Å². The second kappa shape index (κ2) is 9.16. The van der Waals surface area contributed by atoms with Gasteiger partial charge in [-0.25, -0.2) is 0 Å². The highest BCUT2D eigenvalue weighted by Crippen LogP contribution is 2.28. The van der Waals surface area contributed by atoms with Crippen molar-refractivity contribution in [2.24, 2.45) is 5.92 Å². The Kier molecular flexibility index (Phi) is 6.38. The lowest BCUT2D eigenvalue weighted by Gasteiger charge is -2.34. The van der Waals surface area contributed by atoms with Crippen LogP contribution in [-0.2, 0) is 4.79 Å². The van der Waals surface area contributed by atoms with Gasteiger partial charge in [-0.2, -0.15) is 0 Å². The van der Waals surface area contributed by atoms with E-state index < -0.39 is 0 Å². The Morgan fingerprint density at radius 3 is 2.69 bits per heavy atom. The number of nitrogens with one attached hydrogen (secondary N) is 2. The number of hydrogen-bond acceptors (Lipinski definition) is 4. The van der Waals surface area contributed by atoms with Crippen LogP contribution in [0.4, 0.5) is 5.69 Å². The molecule has 2 amide bonds. The van der Waals surface area contributed by atoms with Crippen LogP contribution in [0.15, 0.2) is 18.2 Å². The molecule has 3 aliphatic rings. The van der Waals surface area contributed by atoms with E-state index in [1.807, 2.05) is 11.0 Å². The predicted molar refractivity (Wildman–Crippen MR) is 115 cm³/mol. The number of rotatable bonds is 5. The van der Waals surface area contributed by atoms with E-state index in [1.165, 1.54) is 12.8 Å². The first-order valence-electron chi connectivity index (χ1n) is 11.3. The van der Waals surface area contributed by atoms with Crippen LogP contribution in [0.2, 0.25) is 0 Å². The second-order valence-electron chi connectivity index (χ2n) is 8.87. The van der Waals surface area contributed by atoms with Crippen LogP contribution >= 0.6 is 0 Å². The lowest BCUT2D eigenvalue weighted by molar-refractivity contribution is -0.123. The van der Waals surface area contributed by atoms with Crippen molar-refractivity contribution >= 4 is 17.5 Å². The normalized spacial score (nSPS) is 24.7. The fourth-order valence-electron chi connectivity index (χ4n) is 4.92. The predicted octanol–water partition coefficient (Wildman–Crippen LogP) is 2.32. The molecule has 0 aromatic heterocycles. The number of carbonyl (C=O) groups excluding carboxylic acids is 2. The zero-order valence-corrected chi connectivity index (χ0v) is 17.6. The van der Waals surface area contributed by atoms with Crippen molar-refractivity contribution in [3.63, 3.8) is 0 Å². The average molecular weight is 399 g/mol. The summed E-state index contributed by atoms with van der Waals surface area (Å²) in [7, 11) is 0. The molecule has 3 heterocycles. The molecule has 0 spiro atoms. The van der Waals surface area contributed by atoms with E-state index in [0.29, 0.717) is 12.5 Å². The highest BCUT2D eigenvalue weighted by molar-refractivity contribution is 6.00. The minimum absolute atomic E-state index is 0.0355. The summed E-state index contributed by atoms with van der Waals surface area (Å²) in [5, 5.41) is 6.36. The highest BCUT2D eigenvalue weighted by atomic mass is 16.2. The van der Waals surface area contributed by atoms with Crippen molar-refractivity contribution in [2.45, 2.75) is 51.5 Å². The van der Waals surface area contributed by atoms with Crippen molar-refractivity contribution in [3.05, 3.63) is 29.3 Å². The number of piperidine rings is 1. The fraction of sp³-hybridized carbons (Fsp3) is 0.652. The van der Waals surface area contributed by atoms with Crippen LogP contribution in [0.1, 0.15) is 54.4 Å². The molecule has 0 saturated carbocycles. The standard InChI is InChI=1S/C23H34N4O2/c1-17-8-9-21(26-11-2-3-12-26)19(14-17)23(29)27-13-5-6-18(16-27)15-25-22(28)20-7-4-10-24-20/h8-9,14,18,20,24H,2-7,10-13,15-16H2,1H3,(H,25,28). The Morgan fingerprint density at radius 2 is 1.93 bits per heavy atom. The number of amides is 2. The minimum atomic E-state index is -0.0355. The maximum absolute atomic E-state index is 13.4. The molecule has 0 aliphatic carbocycles. The van der Waals surface area contributed by atoms with Gasteiger partial charge in [-0.15, -0.1) is 0 Å². The largest absolute Gasteiger partial charge is 0.371 e. The molecule has 3 saturated heterocycles. The van der Waals surface area contributed by atoms with E-state index in [9.17, 15) is 9.59 Å². The van der Waals surface area contributed by atoms with Gasteiger partial charge in [0.2, 0.25) is 5.91 Å². The Balaban J connectivity index is 1.39. The first kappa shape index (κ1) is 20.2. The highest BCUT2D eigenvalue weighted by Gasteiger charge is 2.29. The van der Waals surface area contributed by atoms with Crippen molar-refractivity contribution in [3.8, 4) is 0 Å². The molecular weight excluding hydrogens is 364 g/mol. The molecule has 0 bridgehead atoms. The van der Waals surface area contributed by atoms with Crippen LogP contribution in [0, 0.1) is 12.8 Å². The molecule has 158 valence electrons. The molecule has 2 N–H and O–H groups in total. The van der Waals surface area contributed by atoms with Gasteiger partial charge >= 0.3 is 0 Å². The Hall–Kier alpha value is -2.08. The second-order valence-corrected chi connectivity index (χ2v) is 8.87. The molecule has 29 heavy (non-hydrogen) atoms. The first-order chi connectivity index (χ1) is 14.1. The molecule has 0 radical (unpaired) electrons. The Bertz CT molecular complexity index is 738. The third kappa shape index (κ3) is 4.74. The lowest BCUT2D eigenvalue weighted by atomic mass is 9.96. The third-order valence-electron chi connectivity index (χ3n) is 6.58. The van der Waals surface area contributed by atoms with Crippen LogP contribution in [-0.4, -0.2) is 62.0 Å². The number of hydrogen-bond donors (Lipinski definition) is 2. The Labute approximate surface area is 174 Å². The van der Waals surface area contributed by atoms with Gasteiger partial charge in [0, 0.05) is 38.4 Å². The van der Waals surface area contributed by atoms with Gasteiger partial charge in [-0.3, -0.25) is 9.59 Å². The zero-order chi connectivity index (χ0) is 20.2. The number of aryl methyl sites for hydroxylation is 1. The van der Waals surface area contributed by atoms with E-state index in [-0.39, 0.29) is 17.9 Å². The van der Waals surface area contributed by atoms with Crippen LogP contribution in [0.25, 0.3) is 0 Å². The van der Waals surface area contributed by atoms with E-state index in [2.05, 4.69) is 34.6 Å². The monoisotopic (exact) mass is 398 g/mol. The summed E-state index contributed by atoms with van der Waals surface area (Å²) in [5.41, 5.74) is 3.05. The number of benzene rings is 1. The zero-order valence-electron chi connectivity index (χ0n) is 17.6. The topological polar surface area (TPSA) is 64.7 Å². The fourth-order valence-corrected chi connectivity index (χ4v) is 4.92. The summed E-state index contributed by atoms with van der Waals surface area (Å²) in [6.07, 6.45) is 6.45. The molecule has 2 unspecified atom stereocenters. The number of nitrogens with zero attached hydrogens (tertiary/aromatic N) is 2. The van der Waals surface area contributed by atoms with Crippen molar-refractivity contribution in [2.75, 3.05) is 44.2 Å². The van der Waals surface area contributed by atoms with Crippen molar-refractivity contribution in [1.82, 2.24) is 15.5 Å². The van der Waals surface area contributed by atoms with Gasteiger partial charge in [0.05, 0.1) is 11.6 Å². The van der Waals surface area contributed by atoms with Gasteiger partial charge < -0.3 is 20.4 Å². The summed E-state index contributed by atoms with van der Waals surface area (Å²) in [5.74, 6) is 0.586. The van der Waals surface area contributed by atoms with Crippen LogP contribution in [0.3, 0.4) is 0 Å². The third-order valence-corrected chi connectivity index (χ3v) is 6.58. The number of carbonyl (C=O) groups is 2. The average Bonchev–Trinajstić information content (AvgIpc) is 3.46. The summed E-state index contributed by atoms with van der Waals surface area (Å²) in [4.78, 5) is 30.1. The summed E-state index contributed by atoms with van der Waals surface area (Å²) < 4.78 is 0. The molecule has 3 aliphatic heterocycles. The maximum atomic E-state index is 13.4. The quantitative estimate of drug-likeness (QED) is 0.799. The summed E-state index contributed by atoms with van der Waals surface area (Å²) in [6, 6.07) is 6.24. The SMILES string of the molecule is Cc1ccc(N2CCCC2)c(C(=O)N2CCCC(CNC(=O)C3CCCN3)C2)c1. The molecule has 3 fully saturated rings. The molecule has 1 aromatic carbocycles. The molecule has 4 rings (SSSR count). The number of anilines is 1. The molecular formula is C23H34N4O2. The van der Waals surface area contributed by atoms with Gasteiger partial charge in [-0.1, -0.05) is 11.6 Å². The Morgan fingerprint density at radius 1 is 1.10 bits per heavy atom. The maximum Gasteiger partial charge on any atom is 0.255 e. The first-order valence-corrected chi connectivity index (χ1v) is 11.3. The van der Waals surface area contributed by atoms with E-state index in [4.69, 9.17) is 0 Å². The summed E-state index contributed by atoms with van der Waals surface area (Å²) in [6.45, 7) is 7.25. The van der Waals surface area contributed by atoms with Crippen LogP contribution in [0.5, 0.6) is 0 Å². The van der Waals surface area contributed by atoms with E-state index in [0.717, 1.165) is 75.2 Å². The minimum Gasteiger partial charge on any atom is -0.371 e. The molecule has 1 aromatic rings. The molecule has 6 nitrogen and oxygen atoms in total. The summed E-state index contributed by atoms with van der Waals surface area (Å²) >= 11 is 0. The van der Waals surface area contributed by atoms with Gasteiger partial charge in [0.15, 0.2) is 0 Å². The van der Waals surface area contributed by atoms with E-state index in [1.54, 1.807) is 0 Å². The van der Waals surface area contributed by atoms with Gasteiger partial charge in [-0.05, 0) is 70.0 Å². The van der Waals surface area contributed by atoms with Crippen molar-refractivity contribution in [1.29, 1.82) is 0 Å². The van der Waals surface area contributed by atoms with Crippen molar-refractivity contribution < 1.29 is 9.59 Å². The smallest absolute Gasteiger partial charge is 0.255 e. The molecule has 2 atom stereocenters. The molecule has 6 heteroatoms. The number of likely N-dealkylation sites (tertiary alicyclic amines) is 1.